The minimum absolute atomic E-state index is 0.0290. The van der Waals surface area contributed by atoms with Gasteiger partial charge in [-0.3, -0.25) is 19.3 Å². The van der Waals surface area contributed by atoms with Crippen LogP contribution in [0.4, 0.5) is 0 Å². The summed E-state index contributed by atoms with van der Waals surface area (Å²) in [6, 6.07) is 6.27. The van der Waals surface area contributed by atoms with E-state index >= 15 is 0 Å². The average molecular weight is 365 g/mol. The van der Waals surface area contributed by atoms with Gasteiger partial charge in [-0.2, -0.15) is 0 Å². The van der Waals surface area contributed by atoms with E-state index in [1.165, 1.54) is 6.07 Å². The number of amidine groups is 1. The van der Waals surface area contributed by atoms with Gasteiger partial charge < -0.3 is 10.1 Å². The number of fused-ring (bicyclic) bond motifs is 1. The Bertz CT molecular complexity index is 813. The van der Waals surface area contributed by atoms with Crippen LogP contribution >= 0.6 is 0 Å². The van der Waals surface area contributed by atoms with Gasteiger partial charge in [0.25, 0.3) is 10.0 Å². The Morgan fingerprint density at radius 1 is 1.28 bits per heavy atom. The summed E-state index contributed by atoms with van der Waals surface area (Å²) in [5, 5.41) is 3.05. The number of nitrogens with one attached hydrogen (secondary N) is 2. The number of carbonyl (C=O) groups is 2. The number of Topliss-reactive ketones (excluding diaryl/α,β-unsaturated/α-hetero) is 1. The highest BCUT2D eigenvalue weighted by Gasteiger charge is 2.30. The number of ketones is 1. The summed E-state index contributed by atoms with van der Waals surface area (Å²) in [4.78, 5) is 27.8. The molecule has 0 radical (unpaired) electrons. The highest BCUT2D eigenvalue weighted by atomic mass is 32.2. The molecule has 8 nitrogen and oxygen atoms in total. The van der Waals surface area contributed by atoms with E-state index in [0.29, 0.717) is 5.56 Å². The molecule has 0 bridgehead atoms. The fourth-order valence-electron chi connectivity index (χ4n) is 2.79. The van der Waals surface area contributed by atoms with Gasteiger partial charge in [-0.15, -0.1) is 0 Å². The van der Waals surface area contributed by atoms with E-state index in [4.69, 9.17) is 4.74 Å². The third-order valence-corrected chi connectivity index (χ3v) is 5.47. The zero-order valence-corrected chi connectivity index (χ0v) is 14.3. The predicted molar refractivity (Wildman–Crippen MR) is 89.8 cm³/mol. The largest absolute Gasteiger partial charge is 0.458 e. The van der Waals surface area contributed by atoms with E-state index in [1.807, 2.05) is 0 Å². The monoisotopic (exact) mass is 365 g/mol. The lowest BCUT2D eigenvalue weighted by atomic mass is 10.1. The van der Waals surface area contributed by atoms with Crippen molar-refractivity contribution in [3.63, 3.8) is 0 Å². The number of sulfonamides is 1. The van der Waals surface area contributed by atoms with Crippen molar-refractivity contribution in [1.29, 1.82) is 0 Å². The van der Waals surface area contributed by atoms with Crippen molar-refractivity contribution < 1.29 is 22.7 Å². The molecule has 1 aromatic rings. The Kier molecular flexibility index (Phi) is 5.14. The van der Waals surface area contributed by atoms with Crippen molar-refractivity contribution in [3.05, 3.63) is 29.8 Å². The standard InChI is InChI=1S/C16H19N3O5S/c20-13(12-5-3-8-17-12)10-24-15(21)7-9-18-16-11-4-1-2-6-14(11)25(22,23)19-16/h1-2,4,6,12,17H,3,5,7-10H2,(H,18,19). The number of nitrogens with zero attached hydrogens (tertiary/aromatic N) is 1. The van der Waals surface area contributed by atoms with Crippen LogP contribution in [0.15, 0.2) is 34.2 Å². The Morgan fingerprint density at radius 2 is 2.08 bits per heavy atom. The lowest BCUT2D eigenvalue weighted by Crippen LogP contribution is -2.34. The molecule has 0 amide bonds. The first-order valence-electron chi connectivity index (χ1n) is 8.06. The number of ether oxygens (including phenoxy) is 1. The summed E-state index contributed by atoms with van der Waals surface area (Å²) < 4.78 is 31.2. The maximum atomic E-state index is 11.9. The van der Waals surface area contributed by atoms with Crippen molar-refractivity contribution >= 4 is 27.6 Å². The van der Waals surface area contributed by atoms with Crippen molar-refractivity contribution in [2.75, 3.05) is 19.7 Å². The lowest BCUT2D eigenvalue weighted by molar-refractivity contribution is -0.148. The molecule has 0 saturated carbocycles. The molecule has 1 atom stereocenters. The second kappa shape index (κ2) is 7.32. The molecule has 134 valence electrons. The average Bonchev–Trinajstić information content (AvgIpc) is 3.21. The number of hydrogen-bond donors (Lipinski definition) is 2. The summed E-state index contributed by atoms with van der Waals surface area (Å²) in [6.45, 7) is 0.628. The van der Waals surface area contributed by atoms with Crippen molar-refractivity contribution in [1.82, 2.24) is 10.0 Å². The molecule has 1 aromatic carbocycles. The minimum Gasteiger partial charge on any atom is -0.458 e. The Hall–Kier alpha value is -2.26. The molecule has 2 aliphatic rings. The molecule has 2 aliphatic heterocycles. The molecular formula is C16H19N3O5S. The van der Waals surface area contributed by atoms with E-state index < -0.39 is 16.0 Å². The van der Waals surface area contributed by atoms with Gasteiger partial charge in [0.1, 0.15) is 5.84 Å². The van der Waals surface area contributed by atoms with Gasteiger partial charge in [0, 0.05) is 5.56 Å². The summed E-state index contributed by atoms with van der Waals surface area (Å²) >= 11 is 0. The van der Waals surface area contributed by atoms with Gasteiger partial charge in [-0.05, 0) is 31.5 Å². The van der Waals surface area contributed by atoms with E-state index in [0.717, 1.165) is 19.4 Å². The van der Waals surface area contributed by atoms with Crippen LogP contribution in [-0.2, 0) is 24.3 Å². The molecule has 9 heteroatoms. The summed E-state index contributed by atoms with van der Waals surface area (Å²) in [7, 11) is -3.58. The van der Waals surface area contributed by atoms with Crippen LogP contribution in [0.1, 0.15) is 24.8 Å². The van der Waals surface area contributed by atoms with Crippen LogP contribution in [0.2, 0.25) is 0 Å². The van der Waals surface area contributed by atoms with Crippen LogP contribution in [0.25, 0.3) is 0 Å². The molecule has 0 aliphatic carbocycles. The van der Waals surface area contributed by atoms with Crippen LogP contribution in [0.3, 0.4) is 0 Å². The van der Waals surface area contributed by atoms with Gasteiger partial charge >= 0.3 is 5.97 Å². The molecule has 1 fully saturated rings. The normalized spacial score (nSPS) is 22.4. The Morgan fingerprint density at radius 3 is 2.84 bits per heavy atom. The van der Waals surface area contributed by atoms with Crippen molar-refractivity contribution in [2.45, 2.75) is 30.2 Å². The van der Waals surface area contributed by atoms with E-state index in [2.05, 4.69) is 15.0 Å². The number of hydrogen-bond acceptors (Lipinski definition) is 7. The van der Waals surface area contributed by atoms with E-state index in [1.54, 1.807) is 18.2 Å². The molecule has 25 heavy (non-hydrogen) atoms. The number of aliphatic imine (C=N–C) groups is 1. The third kappa shape index (κ3) is 4.05. The molecule has 0 spiro atoms. The summed E-state index contributed by atoms with van der Waals surface area (Å²) in [6.07, 6.45) is 1.68. The van der Waals surface area contributed by atoms with Crippen molar-refractivity contribution in [3.8, 4) is 0 Å². The fourth-order valence-corrected chi connectivity index (χ4v) is 4.04. The maximum Gasteiger partial charge on any atom is 0.308 e. The highest BCUT2D eigenvalue weighted by Crippen LogP contribution is 2.22. The van der Waals surface area contributed by atoms with Crippen LogP contribution in [0.5, 0.6) is 0 Å². The Labute approximate surface area is 145 Å². The molecule has 0 aromatic heterocycles. The highest BCUT2D eigenvalue weighted by molar-refractivity contribution is 7.90. The first-order chi connectivity index (χ1) is 12.0. The number of esters is 1. The number of carbonyl (C=O) groups excluding carboxylic acids is 2. The van der Waals surface area contributed by atoms with Gasteiger partial charge in [0.15, 0.2) is 12.4 Å². The quantitative estimate of drug-likeness (QED) is 0.685. The number of benzene rings is 1. The van der Waals surface area contributed by atoms with E-state index in [9.17, 15) is 18.0 Å². The zero-order chi connectivity index (χ0) is 17.9. The SMILES string of the molecule is O=C(CCN=C1NS(=O)(=O)c2ccccc21)OCC(=O)C1CCCN1. The molecule has 2 heterocycles. The maximum absolute atomic E-state index is 11.9. The third-order valence-electron chi connectivity index (χ3n) is 4.07. The predicted octanol–water partition coefficient (Wildman–Crippen LogP) is -0.0205. The first-order valence-corrected chi connectivity index (χ1v) is 9.54. The fraction of sp³-hybridized carbons (Fsp3) is 0.438. The van der Waals surface area contributed by atoms with Crippen LogP contribution in [0, 0.1) is 0 Å². The van der Waals surface area contributed by atoms with E-state index in [-0.39, 0.29) is 42.1 Å². The molecule has 2 N–H and O–H groups in total. The van der Waals surface area contributed by atoms with Crippen LogP contribution < -0.4 is 10.0 Å². The van der Waals surface area contributed by atoms with Crippen LogP contribution in [-0.4, -0.2) is 51.7 Å². The van der Waals surface area contributed by atoms with Crippen molar-refractivity contribution in [2.24, 2.45) is 4.99 Å². The van der Waals surface area contributed by atoms with Gasteiger partial charge in [0.2, 0.25) is 0 Å². The topological polar surface area (TPSA) is 114 Å². The first kappa shape index (κ1) is 17.6. The zero-order valence-electron chi connectivity index (χ0n) is 13.5. The Balaban J connectivity index is 1.50. The lowest BCUT2D eigenvalue weighted by Gasteiger charge is -2.09. The summed E-state index contributed by atoms with van der Waals surface area (Å²) in [5.74, 6) is -0.450. The molecule has 3 rings (SSSR count). The minimum atomic E-state index is -3.58. The van der Waals surface area contributed by atoms with Gasteiger partial charge in [-0.1, -0.05) is 12.1 Å². The second-order valence-electron chi connectivity index (χ2n) is 5.86. The molecule has 1 saturated heterocycles. The molecular weight excluding hydrogens is 346 g/mol. The van der Waals surface area contributed by atoms with Gasteiger partial charge in [-0.25, -0.2) is 8.42 Å². The summed E-state index contributed by atoms with van der Waals surface area (Å²) in [5.41, 5.74) is 0.485. The van der Waals surface area contributed by atoms with Gasteiger partial charge in [0.05, 0.1) is 23.9 Å². The smallest absolute Gasteiger partial charge is 0.308 e. The number of rotatable bonds is 6. The second-order valence-corrected chi connectivity index (χ2v) is 7.51. The molecule has 1 unspecified atom stereocenters.